The number of anilines is 1. The first-order chi connectivity index (χ1) is 16.1. The van der Waals surface area contributed by atoms with Crippen molar-refractivity contribution in [3.05, 3.63) is 112 Å². The molecule has 33 heavy (non-hydrogen) atoms. The number of carbonyl (C=O) groups is 1. The van der Waals surface area contributed by atoms with Gasteiger partial charge in [0.2, 0.25) is 5.88 Å². The molecule has 1 atom stereocenters. The first kappa shape index (κ1) is 20.4. The van der Waals surface area contributed by atoms with Crippen LogP contribution in [0, 0.1) is 0 Å². The summed E-state index contributed by atoms with van der Waals surface area (Å²) in [6.45, 7) is 0. The van der Waals surface area contributed by atoms with E-state index in [1.165, 1.54) is 0 Å². The number of nitrogens with one attached hydrogen (secondary N) is 1. The molecule has 1 aliphatic heterocycles. The SMILES string of the molecule is COc1ccc(NC(=O)C2=C(N)Oc3c(c(=O)oc4ccccc34)[C@@H]2c2ccccc2)cc1. The van der Waals surface area contributed by atoms with E-state index in [1.807, 2.05) is 36.4 Å². The molecule has 0 fully saturated rings. The van der Waals surface area contributed by atoms with Gasteiger partial charge < -0.3 is 24.9 Å². The van der Waals surface area contributed by atoms with Gasteiger partial charge in [-0.15, -0.1) is 0 Å². The lowest BCUT2D eigenvalue weighted by Gasteiger charge is -2.28. The third-order valence-corrected chi connectivity index (χ3v) is 5.58. The van der Waals surface area contributed by atoms with Crippen LogP contribution in [0.4, 0.5) is 5.69 Å². The predicted molar refractivity (Wildman–Crippen MR) is 124 cm³/mol. The van der Waals surface area contributed by atoms with Gasteiger partial charge >= 0.3 is 5.63 Å². The van der Waals surface area contributed by atoms with Crippen LogP contribution in [0.25, 0.3) is 11.0 Å². The maximum Gasteiger partial charge on any atom is 0.344 e. The summed E-state index contributed by atoms with van der Waals surface area (Å²) in [5, 5.41) is 3.44. The van der Waals surface area contributed by atoms with E-state index >= 15 is 0 Å². The molecule has 0 unspecified atom stereocenters. The minimum absolute atomic E-state index is 0.0712. The summed E-state index contributed by atoms with van der Waals surface area (Å²) < 4.78 is 16.6. The molecular formula is C26H20N2O5. The Bertz CT molecular complexity index is 1440. The first-order valence-electron chi connectivity index (χ1n) is 10.3. The molecule has 0 saturated heterocycles. The van der Waals surface area contributed by atoms with Gasteiger partial charge in [-0.05, 0) is 42.0 Å². The number of para-hydroxylation sites is 1. The van der Waals surface area contributed by atoms with Crippen LogP contribution in [0.15, 0.2) is 99.5 Å². The summed E-state index contributed by atoms with van der Waals surface area (Å²) in [4.78, 5) is 26.5. The Morgan fingerprint density at radius 1 is 0.970 bits per heavy atom. The number of hydrogen-bond donors (Lipinski definition) is 2. The van der Waals surface area contributed by atoms with Gasteiger partial charge in [0.1, 0.15) is 11.3 Å². The number of benzene rings is 3. The van der Waals surface area contributed by atoms with Crippen molar-refractivity contribution >= 4 is 22.6 Å². The molecule has 5 rings (SSSR count). The summed E-state index contributed by atoms with van der Waals surface area (Å²) in [7, 11) is 1.57. The molecule has 3 aromatic carbocycles. The standard InChI is InChI=1S/C26H20N2O5/c1-31-17-13-11-16(12-14-17)28-25(29)22-20(15-7-3-2-4-8-15)21-23(33-24(22)27)18-9-5-6-10-19(18)32-26(21)30/h2-14,20H,27H2,1H3,(H,28,29)/t20-/m0/s1. The lowest BCUT2D eigenvalue weighted by atomic mass is 9.83. The summed E-state index contributed by atoms with van der Waals surface area (Å²) in [6, 6.07) is 23.1. The van der Waals surface area contributed by atoms with Crippen LogP contribution in [0.2, 0.25) is 0 Å². The quantitative estimate of drug-likeness (QED) is 0.463. The molecule has 0 aliphatic carbocycles. The number of hydrogen-bond acceptors (Lipinski definition) is 6. The predicted octanol–water partition coefficient (Wildman–Crippen LogP) is 4.13. The topological polar surface area (TPSA) is 104 Å². The summed E-state index contributed by atoms with van der Waals surface area (Å²) in [5.41, 5.74) is 7.73. The van der Waals surface area contributed by atoms with Crippen molar-refractivity contribution in [2.75, 3.05) is 12.4 Å². The number of nitrogens with two attached hydrogens (primary N) is 1. The second-order valence-corrected chi connectivity index (χ2v) is 7.53. The second kappa shape index (κ2) is 8.20. The lowest BCUT2D eigenvalue weighted by molar-refractivity contribution is -0.113. The Hall–Kier alpha value is -4.52. The van der Waals surface area contributed by atoms with E-state index < -0.39 is 17.5 Å². The van der Waals surface area contributed by atoms with E-state index in [4.69, 9.17) is 19.6 Å². The van der Waals surface area contributed by atoms with E-state index in [-0.39, 0.29) is 17.0 Å². The fourth-order valence-electron chi connectivity index (χ4n) is 4.04. The van der Waals surface area contributed by atoms with Crippen molar-refractivity contribution in [2.24, 2.45) is 5.73 Å². The van der Waals surface area contributed by atoms with E-state index in [2.05, 4.69) is 5.32 Å². The van der Waals surface area contributed by atoms with Crippen molar-refractivity contribution in [1.82, 2.24) is 0 Å². The van der Waals surface area contributed by atoms with Gasteiger partial charge in [-0.25, -0.2) is 4.79 Å². The summed E-state index contributed by atoms with van der Waals surface area (Å²) in [5.74, 6) is -0.362. The van der Waals surface area contributed by atoms with Gasteiger partial charge in [0.25, 0.3) is 5.91 Å². The van der Waals surface area contributed by atoms with Crippen LogP contribution in [-0.2, 0) is 4.79 Å². The molecule has 2 heterocycles. The smallest absolute Gasteiger partial charge is 0.344 e. The fourth-order valence-corrected chi connectivity index (χ4v) is 4.04. The normalized spacial score (nSPS) is 15.0. The highest BCUT2D eigenvalue weighted by Crippen LogP contribution is 2.43. The highest BCUT2D eigenvalue weighted by molar-refractivity contribution is 6.06. The molecule has 164 valence electrons. The summed E-state index contributed by atoms with van der Waals surface area (Å²) in [6.07, 6.45) is 0. The van der Waals surface area contributed by atoms with E-state index in [9.17, 15) is 9.59 Å². The minimum Gasteiger partial charge on any atom is -0.497 e. The lowest BCUT2D eigenvalue weighted by Crippen LogP contribution is -2.32. The largest absolute Gasteiger partial charge is 0.497 e. The van der Waals surface area contributed by atoms with Gasteiger partial charge in [-0.3, -0.25) is 4.79 Å². The first-order valence-corrected chi connectivity index (χ1v) is 10.3. The molecule has 7 nitrogen and oxygen atoms in total. The number of methoxy groups -OCH3 is 1. The van der Waals surface area contributed by atoms with Crippen LogP contribution in [0.3, 0.4) is 0 Å². The molecule has 0 saturated carbocycles. The zero-order chi connectivity index (χ0) is 22.9. The fraction of sp³-hybridized carbons (Fsp3) is 0.0769. The Morgan fingerprint density at radius 3 is 2.39 bits per heavy atom. The Morgan fingerprint density at radius 2 is 1.67 bits per heavy atom. The molecule has 3 N–H and O–H groups in total. The molecule has 0 bridgehead atoms. The van der Waals surface area contributed by atoms with Crippen LogP contribution >= 0.6 is 0 Å². The highest BCUT2D eigenvalue weighted by atomic mass is 16.5. The average Bonchev–Trinajstić information content (AvgIpc) is 2.84. The molecule has 0 spiro atoms. The van der Waals surface area contributed by atoms with E-state index in [0.29, 0.717) is 33.7 Å². The van der Waals surface area contributed by atoms with Crippen LogP contribution < -0.4 is 26.1 Å². The van der Waals surface area contributed by atoms with Gasteiger partial charge in [0.15, 0.2) is 5.75 Å². The number of rotatable bonds is 4. The number of fused-ring (bicyclic) bond motifs is 3. The van der Waals surface area contributed by atoms with Crippen molar-refractivity contribution < 1.29 is 18.7 Å². The highest BCUT2D eigenvalue weighted by Gasteiger charge is 2.38. The minimum atomic E-state index is -0.769. The number of amides is 1. The zero-order valence-electron chi connectivity index (χ0n) is 17.7. The monoisotopic (exact) mass is 440 g/mol. The molecule has 1 aliphatic rings. The maximum absolute atomic E-state index is 13.4. The average molecular weight is 440 g/mol. The van der Waals surface area contributed by atoms with Crippen LogP contribution in [0.5, 0.6) is 11.5 Å². The molecule has 4 aromatic rings. The second-order valence-electron chi connectivity index (χ2n) is 7.53. The maximum atomic E-state index is 13.4. The Labute approximate surface area is 189 Å². The van der Waals surface area contributed by atoms with Crippen molar-refractivity contribution in [3.63, 3.8) is 0 Å². The van der Waals surface area contributed by atoms with Gasteiger partial charge in [0, 0.05) is 5.69 Å². The summed E-state index contributed by atoms with van der Waals surface area (Å²) >= 11 is 0. The molecule has 1 amide bonds. The van der Waals surface area contributed by atoms with Crippen LogP contribution in [-0.4, -0.2) is 13.0 Å². The van der Waals surface area contributed by atoms with Gasteiger partial charge in [0.05, 0.1) is 29.6 Å². The van der Waals surface area contributed by atoms with Gasteiger partial charge in [-0.1, -0.05) is 42.5 Å². The number of carbonyl (C=O) groups excluding carboxylic acids is 1. The van der Waals surface area contributed by atoms with Crippen molar-refractivity contribution in [2.45, 2.75) is 5.92 Å². The van der Waals surface area contributed by atoms with E-state index in [1.54, 1.807) is 49.6 Å². The third-order valence-electron chi connectivity index (χ3n) is 5.58. The van der Waals surface area contributed by atoms with Gasteiger partial charge in [-0.2, -0.15) is 0 Å². The molecule has 7 heteroatoms. The van der Waals surface area contributed by atoms with Crippen molar-refractivity contribution in [1.29, 1.82) is 0 Å². The zero-order valence-corrected chi connectivity index (χ0v) is 17.7. The molecule has 0 radical (unpaired) electrons. The molecular weight excluding hydrogens is 420 g/mol. The Balaban J connectivity index is 1.66. The third kappa shape index (κ3) is 3.59. The molecule has 1 aromatic heterocycles. The number of ether oxygens (including phenoxy) is 2. The Kier molecular flexibility index (Phi) is 5.06. The van der Waals surface area contributed by atoms with Crippen molar-refractivity contribution in [3.8, 4) is 11.5 Å². The van der Waals surface area contributed by atoms with E-state index in [0.717, 1.165) is 0 Å². The van der Waals surface area contributed by atoms with Crippen LogP contribution in [0.1, 0.15) is 17.0 Å².